The summed E-state index contributed by atoms with van der Waals surface area (Å²) < 4.78 is 51.7. The van der Waals surface area contributed by atoms with Gasteiger partial charge in [0.05, 0.1) is 17.8 Å². The van der Waals surface area contributed by atoms with Gasteiger partial charge in [-0.3, -0.25) is 0 Å². The summed E-state index contributed by atoms with van der Waals surface area (Å²) in [5, 5.41) is 6.93. The molecule has 0 radical (unpaired) electrons. The number of alkyl halides is 3. The lowest BCUT2D eigenvalue weighted by molar-refractivity contribution is -0.137. The van der Waals surface area contributed by atoms with Crippen molar-refractivity contribution in [3.8, 4) is 0 Å². The minimum Gasteiger partial charge on any atom is -0.390 e. The van der Waals surface area contributed by atoms with Gasteiger partial charge in [0, 0.05) is 18.5 Å². The predicted molar refractivity (Wildman–Crippen MR) is 113 cm³/mol. The van der Waals surface area contributed by atoms with Crippen molar-refractivity contribution in [1.29, 1.82) is 0 Å². The molecular formula is C23H25F4N3O2. The first-order valence-corrected chi connectivity index (χ1v) is 10.1. The van der Waals surface area contributed by atoms with Crippen LogP contribution in [-0.2, 0) is 17.6 Å². The minimum absolute atomic E-state index is 0.103. The first-order valence-electron chi connectivity index (χ1n) is 10.1. The molecule has 0 bridgehead atoms. The summed E-state index contributed by atoms with van der Waals surface area (Å²) in [6, 6.07) is 10.2. The van der Waals surface area contributed by atoms with E-state index in [4.69, 9.17) is 4.84 Å². The van der Waals surface area contributed by atoms with Gasteiger partial charge < -0.3 is 15.1 Å². The number of carbonyl (C=O) groups excluding carboxylic acids is 1. The van der Waals surface area contributed by atoms with Crippen LogP contribution in [0.4, 0.5) is 22.4 Å². The number of urea groups is 1. The van der Waals surface area contributed by atoms with E-state index in [0.29, 0.717) is 17.7 Å². The molecule has 2 amide bonds. The Hall–Kier alpha value is -3.10. The van der Waals surface area contributed by atoms with Crippen molar-refractivity contribution >= 4 is 11.7 Å². The Morgan fingerprint density at radius 2 is 1.72 bits per heavy atom. The normalized spacial score (nSPS) is 16.3. The van der Waals surface area contributed by atoms with Crippen LogP contribution in [0, 0.1) is 5.82 Å². The highest BCUT2D eigenvalue weighted by Gasteiger charge is 2.31. The maximum absolute atomic E-state index is 13.2. The Balaban J connectivity index is 1.71. The second-order valence-electron chi connectivity index (χ2n) is 8.73. The zero-order valence-corrected chi connectivity index (χ0v) is 18.0. The zero-order chi connectivity index (χ0) is 23.5. The summed E-state index contributed by atoms with van der Waals surface area (Å²) in [5.41, 5.74) is 0.674. The summed E-state index contributed by atoms with van der Waals surface area (Å²) in [6.45, 7) is 5.79. The highest BCUT2D eigenvalue weighted by atomic mass is 19.4. The highest BCUT2D eigenvalue weighted by molar-refractivity contribution is 6.01. The van der Waals surface area contributed by atoms with Crippen LogP contribution in [0.2, 0.25) is 0 Å². The highest BCUT2D eigenvalue weighted by Crippen LogP contribution is 2.29. The van der Waals surface area contributed by atoms with E-state index in [1.165, 1.54) is 29.2 Å². The van der Waals surface area contributed by atoms with Crippen molar-refractivity contribution in [1.82, 2.24) is 10.2 Å². The molecule has 0 spiro atoms. The van der Waals surface area contributed by atoms with E-state index in [1.54, 1.807) is 12.1 Å². The van der Waals surface area contributed by atoms with Crippen molar-refractivity contribution in [2.75, 3.05) is 6.54 Å². The van der Waals surface area contributed by atoms with Crippen LogP contribution >= 0.6 is 0 Å². The number of benzene rings is 2. The fourth-order valence-electron chi connectivity index (χ4n) is 3.22. The molecule has 2 aromatic carbocycles. The van der Waals surface area contributed by atoms with Crippen molar-refractivity contribution < 1.29 is 27.2 Å². The van der Waals surface area contributed by atoms with Crippen LogP contribution in [0.25, 0.3) is 0 Å². The number of hydrogen-bond acceptors (Lipinski definition) is 3. The molecule has 3 rings (SSSR count). The third-order valence-corrected chi connectivity index (χ3v) is 4.76. The van der Waals surface area contributed by atoms with Gasteiger partial charge in [0.15, 0.2) is 6.10 Å². The third kappa shape index (κ3) is 6.45. The van der Waals surface area contributed by atoms with Crippen molar-refractivity contribution in [3.63, 3.8) is 0 Å². The second kappa shape index (κ2) is 9.18. The number of halogens is 4. The lowest BCUT2D eigenvalue weighted by atomic mass is 10.0. The molecule has 1 heterocycles. The lowest BCUT2D eigenvalue weighted by Gasteiger charge is -2.29. The Bertz CT molecular complexity index is 965. The average Bonchev–Trinajstić information content (AvgIpc) is 3.15. The van der Waals surface area contributed by atoms with Crippen LogP contribution in [0.5, 0.6) is 0 Å². The van der Waals surface area contributed by atoms with Crippen molar-refractivity contribution in [2.45, 2.75) is 51.6 Å². The molecule has 0 fully saturated rings. The predicted octanol–water partition coefficient (Wildman–Crippen LogP) is 5.35. The molecule has 1 aliphatic heterocycles. The Morgan fingerprint density at radius 1 is 1.09 bits per heavy atom. The van der Waals surface area contributed by atoms with Gasteiger partial charge in [-0.05, 0) is 56.2 Å². The molecule has 0 saturated heterocycles. The van der Waals surface area contributed by atoms with E-state index >= 15 is 0 Å². The molecule has 32 heavy (non-hydrogen) atoms. The maximum atomic E-state index is 13.2. The van der Waals surface area contributed by atoms with Crippen LogP contribution in [0.3, 0.4) is 0 Å². The van der Waals surface area contributed by atoms with E-state index in [2.05, 4.69) is 10.5 Å². The number of carbonyl (C=O) groups is 1. The molecule has 1 N–H and O–H groups in total. The standard InChI is InChI=1S/C23H25F4N3O2/c1-22(2,3)28-21(31)30(13-15-4-8-17(9-5-15)23(25,26)27)14-19-12-20(29-32-19)16-6-10-18(24)11-7-16/h4-11,19H,12-14H2,1-3H3,(H,28,31)/t19-/m0/s1. The van der Waals surface area contributed by atoms with Gasteiger partial charge in [-0.2, -0.15) is 13.2 Å². The number of nitrogens with zero attached hydrogens (tertiary/aromatic N) is 2. The van der Waals surface area contributed by atoms with Gasteiger partial charge in [-0.25, -0.2) is 9.18 Å². The summed E-state index contributed by atoms with van der Waals surface area (Å²) >= 11 is 0. The SMILES string of the molecule is CC(C)(C)NC(=O)N(Cc1ccc(C(F)(F)F)cc1)C[C@@H]1CC(c2ccc(F)cc2)=NO1. The molecule has 172 valence electrons. The molecule has 0 aromatic heterocycles. The van der Waals surface area contributed by atoms with E-state index in [1.807, 2.05) is 20.8 Å². The number of oxime groups is 1. The molecule has 0 aliphatic carbocycles. The molecule has 9 heteroatoms. The van der Waals surface area contributed by atoms with Gasteiger partial charge in [-0.1, -0.05) is 29.4 Å². The van der Waals surface area contributed by atoms with E-state index < -0.39 is 23.4 Å². The maximum Gasteiger partial charge on any atom is 0.416 e. The van der Waals surface area contributed by atoms with Gasteiger partial charge in [-0.15, -0.1) is 0 Å². The molecule has 2 aromatic rings. The average molecular weight is 451 g/mol. The zero-order valence-electron chi connectivity index (χ0n) is 18.0. The quantitative estimate of drug-likeness (QED) is 0.624. The van der Waals surface area contributed by atoms with Gasteiger partial charge in [0.2, 0.25) is 0 Å². The van der Waals surface area contributed by atoms with E-state index in [9.17, 15) is 22.4 Å². The number of rotatable bonds is 5. The van der Waals surface area contributed by atoms with E-state index in [0.717, 1.165) is 17.7 Å². The molecule has 0 saturated carbocycles. The molecule has 1 atom stereocenters. The van der Waals surface area contributed by atoms with Crippen molar-refractivity contribution in [3.05, 3.63) is 71.0 Å². The number of hydrogen-bond donors (Lipinski definition) is 1. The van der Waals surface area contributed by atoms with Gasteiger partial charge >= 0.3 is 12.2 Å². The van der Waals surface area contributed by atoms with Crippen molar-refractivity contribution in [2.24, 2.45) is 5.16 Å². The molecule has 5 nitrogen and oxygen atoms in total. The Morgan fingerprint density at radius 3 is 2.28 bits per heavy atom. The fraction of sp³-hybridized carbons (Fsp3) is 0.391. The summed E-state index contributed by atoms with van der Waals surface area (Å²) in [4.78, 5) is 19.8. The number of nitrogens with one attached hydrogen (secondary N) is 1. The van der Waals surface area contributed by atoms with Gasteiger partial charge in [0.25, 0.3) is 0 Å². The largest absolute Gasteiger partial charge is 0.416 e. The molecule has 1 aliphatic rings. The van der Waals surface area contributed by atoms with Crippen LogP contribution in [-0.4, -0.2) is 34.8 Å². The van der Waals surface area contributed by atoms with E-state index in [-0.39, 0.29) is 24.9 Å². The third-order valence-electron chi connectivity index (χ3n) is 4.76. The number of amides is 2. The van der Waals surface area contributed by atoms with Crippen LogP contribution in [0.1, 0.15) is 43.9 Å². The first kappa shape index (κ1) is 23.6. The summed E-state index contributed by atoms with van der Waals surface area (Å²) in [5.74, 6) is -0.355. The molecular weight excluding hydrogens is 426 g/mol. The second-order valence-corrected chi connectivity index (χ2v) is 8.73. The molecule has 0 unspecified atom stereocenters. The lowest BCUT2D eigenvalue weighted by Crippen LogP contribution is -2.50. The fourth-order valence-corrected chi connectivity index (χ4v) is 3.22. The minimum atomic E-state index is -4.42. The first-order chi connectivity index (χ1) is 14.9. The smallest absolute Gasteiger partial charge is 0.390 e. The summed E-state index contributed by atoms with van der Waals surface area (Å²) in [6.07, 6.45) is -4.44. The Labute approximate surface area is 184 Å². The monoisotopic (exact) mass is 451 g/mol. The van der Waals surface area contributed by atoms with Crippen LogP contribution in [0.15, 0.2) is 53.7 Å². The van der Waals surface area contributed by atoms with Crippen LogP contribution < -0.4 is 5.32 Å². The topological polar surface area (TPSA) is 53.9 Å². The Kier molecular flexibility index (Phi) is 6.76. The van der Waals surface area contributed by atoms with Gasteiger partial charge in [0.1, 0.15) is 5.82 Å². The summed E-state index contributed by atoms with van der Waals surface area (Å²) in [7, 11) is 0.